The summed E-state index contributed by atoms with van der Waals surface area (Å²) >= 11 is 0. The zero-order valence-corrected chi connectivity index (χ0v) is 21.8. The van der Waals surface area contributed by atoms with E-state index in [1.54, 1.807) is 0 Å². The maximum absolute atomic E-state index is 14.8. The van der Waals surface area contributed by atoms with Crippen LogP contribution in [0.5, 0.6) is 0 Å². The van der Waals surface area contributed by atoms with Gasteiger partial charge in [-0.25, -0.2) is 4.79 Å². The fourth-order valence-electron chi connectivity index (χ4n) is 4.77. The lowest BCUT2D eigenvalue weighted by molar-refractivity contribution is -0.786. The number of carbonyl (C=O) groups excluding carboxylic acids is 1. The van der Waals surface area contributed by atoms with Crippen molar-refractivity contribution in [3.05, 3.63) is 12.0 Å². The maximum atomic E-state index is 14.8. The summed E-state index contributed by atoms with van der Waals surface area (Å²) in [7, 11) is 0. The smallest absolute Gasteiger partial charge is 0.435 e. The van der Waals surface area contributed by atoms with Gasteiger partial charge >= 0.3 is 12.1 Å². The Kier molecular flexibility index (Phi) is 13.0. The van der Waals surface area contributed by atoms with Crippen LogP contribution < -0.4 is 5.32 Å². The van der Waals surface area contributed by atoms with Gasteiger partial charge in [-0.15, -0.1) is 0 Å². The summed E-state index contributed by atoms with van der Waals surface area (Å²) in [6.07, 6.45) is 10.2. The summed E-state index contributed by atoms with van der Waals surface area (Å²) in [6, 6.07) is -1.12. The van der Waals surface area contributed by atoms with E-state index in [2.05, 4.69) is 17.2 Å². The number of halogens is 1. The van der Waals surface area contributed by atoms with Gasteiger partial charge in [-0.1, -0.05) is 94.9 Å². The number of urea groups is 1. The van der Waals surface area contributed by atoms with Crippen LogP contribution in [0.15, 0.2) is 17.0 Å². The van der Waals surface area contributed by atoms with Crippen molar-refractivity contribution in [2.24, 2.45) is 4.99 Å². The zero-order valence-electron chi connectivity index (χ0n) is 21.8. The molecule has 1 saturated heterocycles. The number of amidine groups is 1. The third-order valence-electron chi connectivity index (χ3n) is 7.08. The monoisotopic (exact) mass is 514 g/mol. The third-order valence-corrected chi connectivity index (χ3v) is 7.08. The zero-order chi connectivity index (χ0) is 26.6. The van der Waals surface area contributed by atoms with Crippen molar-refractivity contribution in [3.63, 3.8) is 0 Å². The molecule has 2 aliphatic rings. The number of carbonyl (C=O) groups is 2. The Morgan fingerprint density at radius 1 is 0.972 bits per heavy atom. The van der Waals surface area contributed by atoms with E-state index in [1.807, 2.05) is 0 Å². The molecule has 1 fully saturated rings. The van der Waals surface area contributed by atoms with Crippen molar-refractivity contribution in [2.75, 3.05) is 6.54 Å². The van der Waals surface area contributed by atoms with E-state index in [9.17, 15) is 29.3 Å². The summed E-state index contributed by atoms with van der Waals surface area (Å²) in [6.45, 7) is 3.97. The standard InChI is InChI=1S/C26H44FN3O6/c1-3-4-5-6-7-8-9-10-11-12-13-14-15-16-17-28-23-20(27)18-30(26(34)35,25(33)29-23)24-22(32)21(31)19(2)36-24/h18-19,21-22,24,31-32H,3-17H2,1-2H3,(H-,28,29,33,34,35)/p+1/t19-,21-,22-,24-,30?/m1/s1. The van der Waals surface area contributed by atoms with Gasteiger partial charge in [0.25, 0.3) is 0 Å². The van der Waals surface area contributed by atoms with Crippen LogP contribution in [0.2, 0.25) is 0 Å². The van der Waals surface area contributed by atoms with Crippen LogP contribution in [0.4, 0.5) is 14.0 Å². The Morgan fingerprint density at radius 2 is 1.47 bits per heavy atom. The van der Waals surface area contributed by atoms with Crippen LogP contribution in [-0.4, -0.2) is 68.8 Å². The second kappa shape index (κ2) is 15.4. The summed E-state index contributed by atoms with van der Waals surface area (Å²) in [5.41, 5.74) is 0. The minimum atomic E-state index is -1.74. The first-order chi connectivity index (χ1) is 17.3. The molecule has 2 heterocycles. The fourth-order valence-corrected chi connectivity index (χ4v) is 4.77. The fraction of sp³-hybridized carbons (Fsp3) is 0.808. The molecule has 0 aromatic carbocycles. The van der Waals surface area contributed by atoms with Gasteiger partial charge in [-0.05, 0) is 13.3 Å². The Labute approximate surface area is 214 Å². The molecule has 9 nitrogen and oxygen atoms in total. The molecule has 5 atom stereocenters. The quantitative estimate of drug-likeness (QED) is 0.162. The molecule has 0 aliphatic carbocycles. The molecule has 10 heteroatoms. The van der Waals surface area contributed by atoms with Gasteiger partial charge < -0.3 is 20.1 Å². The van der Waals surface area contributed by atoms with Gasteiger partial charge in [0.1, 0.15) is 6.10 Å². The molecule has 0 saturated carbocycles. The molecule has 0 spiro atoms. The van der Waals surface area contributed by atoms with E-state index in [0.717, 1.165) is 25.7 Å². The highest BCUT2D eigenvalue weighted by molar-refractivity contribution is 6.07. The first-order valence-electron chi connectivity index (χ1n) is 13.6. The van der Waals surface area contributed by atoms with Gasteiger partial charge in [0.05, 0.1) is 6.10 Å². The van der Waals surface area contributed by atoms with Crippen LogP contribution in [0, 0.1) is 0 Å². The van der Waals surface area contributed by atoms with Crippen molar-refractivity contribution >= 4 is 18.0 Å². The molecule has 2 rings (SSSR count). The van der Waals surface area contributed by atoms with Gasteiger partial charge in [-0.3, -0.25) is 10.3 Å². The van der Waals surface area contributed by atoms with Gasteiger partial charge in [0.15, 0.2) is 18.1 Å². The number of quaternary nitrogens is 1. The van der Waals surface area contributed by atoms with Gasteiger partial charge in [-0.2, -0.15) is 9.18 Å². The van der Waals surface area contributed by atoms with Crippen molar-refractivity contribution < 1.29 is 38.5 Å². The molecule has 0 bridgehead atoms. The van der Waals surface area contributed by atoms with Gasteiger partial charge in [0, 0.05) is 6.54 Å². The Bertz CT molecular complexity index is 777. The van der Waals surface area contributed by atoms with Gasteiger partial charge in [0.2, 0.25) is 12.1 Å². The van der Waals surface area contributed by atoms with Crippen molar-refractivity contribution in [1.82, 2.24) is 5.32 Å². The highest BCUT2D eigenvalue weighted by atomic mass is 19.1. The normalized spacial score (nSPS) is 29.4. The third kappa shape index (κ3) is 8.06. The van der Waals surface area contributed by atoms with E-state index >= 15 is 0 Å². The predicted octanol–water partition coefficient (Wildman–Crippen LogP) is 5.36. The van der Waals surface area contributed by atoms with E-state index in [-0.39, 0.29) is 5.84 Å². The summed E-state index contributed by atoms with van der Waals surface area (Å²) in [5, 5.41) is 32.0. The van der Waals surface area contributed by atoms with E-state index in [0.29, 0.717) is 12.7 Å². The number of imide groups is 1. The lowest BCUT2D eigenvalue weighted by Crippen LogP contribution is -2.68. The predicted molar refractivity (Wildman–Crippen MR) is 135 cm³/mol. The maximum Gasteiger partial charge on any atom is 0.530 e. The van der Waals surface area contributed by atoms with Crippen molar-refractivity contribution in [1.29, 1.82) is 0 Å². The van der Waals surface area contributed by atoms with Crippen LogP contribution >= 0.6 is 0 Å². The minimum absolute atomic E-state index is 0.306. The van der Waals surface area contributed by atoms with Crippen molar-refractivity contribution in [2.45, 2.75) is 128 Å². The molecular weight excluding hydrogens is 469 g/mol. The second-order valence-electron chi connectivity index (χ2n) is 10.0. The topological polar surface area (TPSA) is 128 Å². The largest absolute Gasteiger partial charge is 0.530 e. The number of aliphatic hydroxyl groups excluding tert-OH is 2. The number of ether oxygens (including phenoxy) is 1. The summed E-state index contributed by atoms with van der Waals surface area (Å²) < 4.78 is 18.4. The second-order valence-corrected chi connectivity index (χ2v) is 10.0. The summed E-state index contributed by atoms with van der Waals surface area (Å²) in [5.74, 6) is -1.35. The Hall–Kier alpha value is -1.88. The molecule has 0 radical (unpaired) electrons. The first kappa shape index (κ1) is 30.3. The lowest BCUT2D eigenvalue weighted by atomic mass is 10.0. The lowest BCUT2D eigenvalue weighted by Gasteiger charge is -2.34. The number of hydrogen-bond donors (Lipinski definition) is 4. The molecular formula is C26H45FN3O6+. The number of rotatable bonds is 16. The number of unbranched alkanes of at least 4 members (excludes halogenated alkanes) is 13. The number of hydrogen-bond acceptors (Lipinski definition) is 6. The van der Waals surface area contributed by atoms with E-state index in [1.165, 1.54) is 71.1 Å². The number of amides is 3. The molecule has 206 valence electrons. The molecule has 1 unspecified atom stereocenters. The Morgan fingerprint density at radius 3 is 1.92 bits per heavy atom. The minimum Gasteiger partial charge on any atom is -0.435 e. The highest BCUT2D eigenvalue weighted by Gasteiger charge is 2.63. The highest BCUT2D eigenvalue weighted by Crippen LogP contribution is 2.33. The first-order valence-corrected chi connectivity index (χ1v) is 13.6. The van der Waals surface area contributed by atoms with Crippen molar-refractivity contribution in [3.8, 4) is 0 Å². The molecule has 0 aromatic rings. The van der Waals surface area contributed by atoms with Crippen LogP contribution in [0.1, 0.15) is 104 Å². The SMILES string of the molecule is CCCCCCCCCCCCCCCCN=C1NC(=O)[N+](C(=O)O)([C@@H]2O[C@H](C)[C@@H](O)[C@H]2O)C=C1F. The molecule has 36 heavy (non-hydrogen) atoms. The van der Waals surface area contributed by atoms with Crippen LogP contribution in [0.25, 0.3) is 0 Å². The number of aliphatic hydroxyl groups is 2. The summed E-state index contributed by atoms with van der Waals surface area (Å²) in [4.78, 5) is 28.8. The molecule has 3 amide bonds. The van der Waals surface area contributed by atoms with E-state index < -0.39 is 47.0 Å². The Balaban J connectivity index is 1.70. The molecule has 0 aromatic heterocycles. The average Bonchev–Trinajstić information content (AvgIpc) is 3.10. The average molecular weight is 515 g/mol. The molecule has 4 N–H and O–H groups in total. The molecule has 2 aliphatic heterocycles. The number of nitrogens with zero attached hydrogens (tertiary/aromatic N) is 2. The number of aliphatic imine (C=N–C) groups is 1. The number of carboxylic acid groups (broad SMARTS) is 1. The number of nitrogens with one attached hydrogen (secondary N) is 1. The van der Waals surface area contributed by atoms with Crippen LogP contribution in [0.3, 0.4) is 0 Å². The van der Waals surface area contributed by atoms with Crippen LogP contribution in [-0.2, 0) is 4.74 Å². The van der Waals surface area contributed by atoms with E-state index in [4.69, 9.17) is 4.74 Å².